The van der Waals surface area contributed by atoms with Crippen molar-refractivity contribution in [2.45, 2.75) is 39.3 Å². The molecule has 0 aliphatic rings. The number of nitrogens with zero attached hydrogens (tertiary/aromatic N) is 2. The maximum Gasteiger partial charge on any atom is 0.311 e. The molecule has 0 aliphatic heterocycles. The van der Waals surface area contributed by atoms with Gasteiger partial charge in [0, 0.05) is 29.7 Å². The van der Waals surface area contributed by atoms with E-state index in [1.54, 1.807) is 6.92 Å². The van der Waals surface area contributed by atoms with Crippen LogP contribution in [-0.2, 0) is 16.1 Å². The Kier molecular flexibility index (Phi) is 10.1. The van der Waals surface area contributed by atoms with Gasteiger partial charge < -0.3 is 19.7 Å². The predicted molar refractivity (Wildman–Crippen MR) is 127 cm³/mol. The molecule has 0 radical (unpaired) electrons. The molecule has 178 valence electrons. The van der Waals surface area contributed by atoms with Crippen molar-refractivity contribution in [1.29, 1.82) is 0 Å². The summed E-state index contributed by atoms with van der Waals surface area (Å²) in [7, 11) is 1.32. The molecule has 33 heavy (non-hydrogen) atoms. The van der Waals surface area contributed by atoms with Crippen LogP contribution in [0.5, 0.6) is 11.5 Å². The molecule has 0 saturated carbocycles. The highest BCUT2D eigenvalue weighted by atomic mass is 79.9. The largest absolute Gasteiger partial charge is 0.490 e. The van der Waals surface area contributed by atoms with E-state index in [0.29, 0.717) is 6.54 Å². The van der Waals surface area contributed by atoms with Crippen LogP contribution in [0, 0.1) is 10.1 Å². The topological polar surface area (TPSA) is 111 Å². The Bertz CT molecular complexity index is 967. The van der Waals surface area contributed by atoms with E-state index in [2.05, 4.69) is 21.2 Å². The first-order valence-corrected chi connectivity index (χ1v) is 11.3. The van der Waals surface area contributed by atoms with Crippen LogP contribution in [0.1, 0.15) is 32.3 Å². The molecule has 0 fully saturated rings. The van der Waals surface area contributed by atoms with Gasteiger partial charge in [-0.25, -0.2) is 0 Å². The Morgan fingerprint density at radius 1 is 1.21 bits per heavy atom. The molecule has 0 saturated heterocycles. The maximum absolute atomic E-state index is 13.1. The number of nitro groups is 1. The second kappa shape index (κ2) is 12.8. The predicted octanol–water partition coefficient (Wildman–Crippen LogP) is 4.08. The van der Waals surface area contributed by atoms with Crippen molar-refractivity contribution in [2.75, 3.05) is 20.3 Å². The van der Waals surface area contributed by atoms with Gasteiger partial charge >= 0.3 is 5.69 Å². The third kappa shape index (κ3) is 7.74. The molecule has 2 rings (SSSR count). The first-order chi connectivity index (χ1) is 15.8. The Balaban J connectivity index is 2.15. The average molecular weight is 522 g/mol. The van der Waals surface area contributed by atoms with Crippen LogP contribution in [-0.4, -0.2) is 47.9 Å². The fourth-order valence-electron chi connectivity index (χ4n) is 3.03. The van der Waals surface area contributed by atoms with Gasteiger partial charge in [-0.1, -0.05) is 41.4 Å². The number of ether oxygens (including phenoxy) is 2. The van der Waals surface area contributed by atoms with E-state index < -0.39 is 16.9 Å². The van der Waals surface area contributed by atoms with Gasteiger partial charge in [-0.3, -0.25) is 19.7 Å². The number of methoxy groups -OCH3 is 1. The van der Waals surface area contributed by atoms with Crippen molar-refractivity contribution in [3.8, 4) is 11.5 Å². The molecule has 2 aromatic rings. The molecule has 0 spiro atoms. The minimum atomic E-state index is -0.715. The van der Waals surface area contributed by atoms with Gasteiger partial charge in [0.25, 0.3) is 5.91 Å². The SMILES string of the molecule is CCCCNC(=O)C(C)N(Cc1ccc(Br)cc1)C(=O)COc1ccc([N+](=O)[O-])c(OC)c1. The molecule has 2 aromatic carbocycles. The second-order valence-electron chi connectivity index (χ2n) is 7.35. The van der Waals surface area contributed by atoms with Crippen molar-refractivity contribution >= 4 is 33.4 Å². The van der Waals surface area contributed by atoms with Crippen molar-refractivity contribution < 1.29 is 24.0 Å². The van der Waals surface area contributed by atoms with E-state index in [9.17, 15) is 19.7 Å². The summed E-state index contributed by atoms with van der Waals surface area (Å²) in [5.41, 5.74) is 0.655. The first kappa shape index (κ1) is 26.1. The molecule has 0 aromatic heterocycles. The Hall–Kier alpha value is -3.14. The van der Waals surface area contributed by atoms with Crippen LogP contribution in [0.3, 0.4) is 0 Å². The Labute approximate surface area is 201 Å². The van der Waals surface area contributed by atoms with Crippen molar-refractivity contribution in [3.63, 3.8) is 0 Å². The van der Waals surface area contributed by atoms with Gasteiger partial charge in [-0.15, -0.1) is 0 Å². The third-order valence-electron chi connectivity index (χ3n) is 4.97. The lowest BCUT2D eigenvalue weighted by Crippen LogP contribution is -2.49. The quantitative estimate of drug-likeness (QED) is 0.256. The van der Waals surface area contributed by atoms with Crippen molar-refractivity contribution in [3.05, 3.63) is 62.6 Å². The lowest BCUT2D eigenvalue weighted by atomic mass is 10.1. The highest BCUT2D eigenvalue weighted by Gasteiger charge is 2.26. The molecular weight excluding hydrogens is 494 g/mol. The molecule has 10 heteroatoms. The first-order valence-electron chi connectivity index (χ1n) is 10.5. The molecule has 0 bridgehead atoms. The maximum atomic E-state index is 13.1. The van der Waals surface area contributed by atoms with E-state index in [1.807, 2.05) is 31.2 Å². The summed E-state index contributed by atoms with van der Waals surface area (Å²) in [5, 5.41) is 13.9. The summed E-state index contributed by atoms with van der Waals surface area (Å²) in [5.74, 6) is -0.367. The number of hydrogen-bond donors (Lipinski definition) is 1. The van der Waals surface area contributed by atoms with Gasteiger partial charge in [0.1, 0.15) is 11.8 Å². The number of nitro benzene ring substituents is 1. The Morgan fingerprint density at radius 3 is 2.52 bits per heavy atom. The van der Waals surface area contributed by atoms with E-state index in [1.165, 1.54) is 30.2 Å². The molecule has 0 heterocycles. The number of benzene rings is 2. The van der Waals surface area contributed by atoms with Crippen LogP contribution in [0.15, 0.2) is 46.9 Å². The molecule has 2 amide bonds. The van der Waals surface area contributed by atoms with Crippen LogP contribution in [0.2, 0.25) is 0 Å². The molecule has 1 unspecified atom stereocenters. The molecule has 0 aliphatic carbocycles. The zero-order valence-corrected chi connectivity index (χ0v) is 20.5. The second-order valence-corrected chi connectivity index (χ2v) is 8.26. The summed E-state index contributed by atoms with van der Waals surface area (Å²) in [4.78, 5) is 37.6. The molecule has 9 nitrogen and oxygen atoms in total. The standard InChI is InChI=1S/C23H28BrN3O6/c1-4-5-12-25-23(29)16(2)26(14-17-6-8-18(24)9-7-17)22(28)15-33-19-10-11-20(27(30)31)21(13-19)32-3/h6-11,13,16H,4-5,12,14-15H2,1-3H3,(H,25,29). The number of rotatable bonds is 12. The van der Waals surface area contributed by atoms with E-state index in [4.69, 9.17) is 9.47 Å². The van der Waals surface area contributed by atoms with Gasteiger partial charge in [-0.05, 0) is 37.1 Å². The van der Waals surface area contributed by atoms with Crippen LogP contribution in [0.25, 0.3) is 0 Å². The van der Waals surface area contributed by atoms with Gasteiger partial charge in [0.15, 0.2) is 6.61 Å². The molecule has 1 N–H and O–H groups in total. The lowest BCUT2D eigenvalue weighted by Gasteiger charge is -2.28. The number of unbranched alkanes of at least 4 members (excludes halogenated alkanes) is 1. The zero-order valence-electron chi connectivity index (χ0n) is 18.9. The van der Waals surface area contributed by atoms with E-state index >= 15 is 0 Å². The number of hydrogen-bond acceptors (Lipinski definition) is 6. The highest BCUT2D eigenvalue weighted by Crippen LogP contribution is 2.30. The smallest absolute Gasteiger partial charge is 0.311 e. The summed E-state index contributed by atoms with van der Waals surface area (Å²) < 4.78 is 11.5. The van der Waals surface area contributed by atoms with Crippen LogP contribution < -0.4 is 14.8 Å². The number of carbonyl (C=O) groups is 2. The average Bonchev–Trinajstić information content (AvgIpc) is 2.81. The summed E-state index contributed by atoms with van der Waals surface area (Å²) in [6, 6.07) is 10.8. The Morgan fingerprint density at radius 2 is 1.91 bits per heavy atom. The minimum absolute atomic E-state index is 0.0281. The minimum Gasteiger partial charge on any atom is -0.490 e. The third-order valence-corrected chi connectivity index (χ3v) is 5.50. The lowest BCUT2D eigenvalue weighted by molar-refractivity contribution is -0.385. The van der Waals surface area contributed by atoms with E-state index in [-0.39, 0.29) is 36.2 Å². The van der Waals surface area contributed by atoms with Crippen LogP contribution >= 0.6 is 15.9 Å². The fraction of sp³-hybridized carbons (Fsp3) is 0.391. The normalized spacial score (nSPS) is 11.4. The fourth-order valence-corrected chi connectivity index (χ4v) is 3.30. The van der Waals surface area contributed by atoms with Gasteiger partial charge in [-0.2, -0.15) is 0 Å². The number of halogens is 1. The van der Waals surface area contributed by atoms with Gasteiger partial charge in [0.2, 0.25) is 11.7 Å². The highest BCUT2D eigenvalue weighted by molar-refractivity contribution is 9.10. The van der Waals surface area contributed by atoms with Crippen molar-refractivity contribution in [2.24, 2.45) is 0 Å². The van der Waals surface area contributed by atoms with E-state index in [0.717, 1.165) is 22.9 Å². The molecular formula is C23H28BrN3O6. The summed E-state index contributed by atoms with van der Waals surface area (Å²) in [6.45, 7) is 4.13. The van der Waals surface area contributed by atoms with Crippen molar-refractivity contribution in [1.82, 2.24) is 10.2 Å². The molecule has 1 atom stereocenters. The van der Waals surface area contributed by atoms with Gasteiger partial charge in [0.05, 0.1) is 12.0 Å². The zero-order chi connectivity index (χ0) is 24.4. The number of amides is 2. The number of carbonyl (C=O) groups excluding carboxylic acids is 2. The summed E-state index contributed by atoms with van der Waals surface area (Å²) in [6.07, 6.45) is 1.80. The monoisotopic (exact) mass is 521 g/mol. The summed E-state index contributed by atoms with van der Waals surface area (Å²) >= 11 is 3.39. The number of nitrogens with one attached hydrogen (secondary N) is 1. The van der Waals surface area contributed by atoms with Crippen LogP contribution in [0.4, 0.5) is 5.69 Å².